The van der Waals surface area contributed by atoms with Crippen LogP contribution in [0.1, 0.15) is 11.6 Å². The monoisotopic (exact) mass is 356 g/mol. The molecule has 2 aromatic rings. The number of methoxy groups -OCH3 is 2. The van der Waals surface area contributed by atoms with Gasteiger partial charge in [-0.2, -0.15) is 0 Å². The van der Waals surface area contributed by atoms with Gasteiger partial charge in [-0.05, 0) is 36.9 Å². The zero-order valence-corrected chi connectivity index (χ0v) is 15.3. The van der Waals surface area contributed by atoms with Crippen molar-refractivity contribution < 1.29 is 19.0 Å². The van der Waals surface area contributed by atoms with E-state index in [0.717, 1.165) is 12.1 Å². The lowest BCUT2D eigenvalue weighted by Crippen LogP contribution is -2.49. The number of hydrogen-bond acceptors (Lipinski definition) is 5. The number of carbonyl (C=O) groups excluding carboxylic acids is 1. The van der Waals surface area contributed by atoms with Crippen molar-refractivity contribution in [2.45, 2.75) is 6.04 Å². The van der Waals surface area contributed by atoms with Crippen molar-refractivity contribution in [3.05, 3.63) is 54.1 Å². The van der Waals surface area contributed by atoms with Gasteiger partial charge in [0.25, 0.3) is 0 Å². The van der Waals surface area contributed by atoms with Crippen molar-refractivity contribution in [2.75, 3.05) is 40.9 Å². The Morgan fingerprint density at radius 1 is 1.00 bits per heavy atom. The lowest BCUT2D eigenvalue weighted by molar-refractivity contribution is 0.0873. The molecule has 1 amide bonds. The molecule has 0 radical (unpaired) electrons. The minimum absolute atomic E-state index is 0.0619. The van der Waals surface area contributed by atoms with Crippen LogP contribution < -0.4 is 14.2 Å². The van der Waals surface area contributed by atoms with Crippen LogP contribution in [0, 0.1) is 0 Å². The summed E-state index contributed by atoms with van der Waals surface area (Å²) in [6, 6.07) is 15.1. The number of hydrogen-bond donors (Lipinski definition) is 0. The fraction of sp³-hybridized carbons (Fsp3) is 0.350. The van der Waals surface area contributed by atoms with Gasteiger partial charge in [-0.1, -0.05) is 24.3 Å². The molecule has 1 fully saturated rings. The van der Waals surface area contributed by atoms with Crippen molar-refractivity contribution in [3.8, 4) is 17.2 Å². The van der Waals surface area contributed by atoms with E-state index in [1.54, 1.807) is 31.3 Å². The first-order chi connectivity index (χ1) is 12.6. The van der Waals surface area contributed by atoms with Crippen molar-refractivity contribution in [1.29, 1.82) is 0 Å². The summed E-state index contributed by atoms with van der Waals surface area (Å²) < 4.78 is 16.2. The Morgan fingerprint density at radius 3 is 2.42 bits per heavy atom. The largest absolute Gasteiger partial charge is 0.493 e. The van der Waals surface area contributed by atoms with Crippen LogP contribution in [0.4, 0.5) is 4.79 Å². The normalized spacial score (nSPS) is 17.7. The first-order valence-electron chi connectivity index (χ1n) is 8.56. The minimum Gasteiger partial charge on any atom is -0.493 e. The molecular weight excluding hydrogens is 332 g/mol. The highest BCUT2D eigenvalue weighted by atomic mass is 16.6. The maximum Gasteiger partial charge on any atom is 0.415 e. The zero-order chi connectivity index (χ0) is 18.5. The summed E-state index contributed by atoms with van der Waals surface area (Å²) in [5, 5.41) is 0. The average molecular weight is 356 g/mol. The SMILES string of the molecule is COc1ccc(C2CN(C(=O)Oc3ccccc3)CCN2C)cc1OC. The van der Waals surface area contributed by atoms with Crippen LogP contribution >= 0.6 is 0 Å². The minimum atomic E-state index is -0.324. The molecule has 6 nitrogen and oxygen atoms in total. The van der Waals surface area contributed by atoms with E-state index in [-0.39, 0.29) is 12.1 Å². The van der Waals surface area contributed by atoms with E-state index >= 15 is 0 Å². The van der Waals surface area contributed by atoms with Gasteiger partial charge in [0.2, 0.25) is 0 Å². The molecule has 1 atom stereocenters. The van der Waals surface area contributed by atoms with Crippen LogP contribution in [-0.2, 0) is 0 Å². The van der Waals surface area contributed by atoms with Gasteiger partial charge in [0.15, 0.2) is 11.5 Å². The average Bonchev–Trinajstić information content (AvgIpc) is 2.68. The molecule has 0 aromatic heterocycles. The maximum absolute atomic E-state index is 12.5. The number of benzene rings is 2. The number of rotatable bonds is 4. The highest BCUT2D eigenvalue weighted by Crippen LogP contribution is 2.33. The molecule has 1 unspecified atom stereocenters. The molecular formula is C20H24N2O4. The van der Waals surface area contributed by atoms with Crippen molar-refractivity contribution in [2.24, 2.45) is 0 Å². The molecule has 0 aliphatic carbocycles. The number of piperazine rings is 1. The maximum atomic E-state index is 12.5. The van der Waals surface area contributed by atoms with Crippen LogP contribution in [0.5, 0.6) is 17.2 Å². The van der Waals surface area contributed by atoms with Gasteiger partial charge < -0.3 is 19.1 Å². The zero-order valence-electron chi connectivity index (χ0n) is 15.3. The number of para-hydroxylation sites is 1. The van der Waals surface area contributed by atoms with Gasteiger partial charge in [0, 0.05) is 19.6 Å². The second-order valence-corrected chi connectivity index (χ2v) is 6.24. The Labute approximate surface area is 153 Å². The van der Waals surface area contributed by atoms with E-state index in [2.05, 4.69) is 11.9 Å². The van der Waals surface area contributed by atoms with Crippen molar-refractivity contribution in [3.63, 3.8) is 0 Å². The molecule has 0 spiro atoms. The fourth-order valence-electron chi connectivity index (χ4n) is 3.11. The Kier molecular flexibility index (Phi) is 5.63. The topological polar surface area (TPSA) is 51.2 Å². The Morgan fingerprint density at radius 2 is 1.73 bits per heavy atom. The first-order valence-corrected chi connectivity index (χ1v) is 8.56. The van der Waals surface area contributed by atoms with Gasteiger partial charge >= 0.3 is 6.09 Å². The van der Waals surface area contributed by atoms with E-state index in [0.29, 0.717) is 30.3 Å². The van der Waals surface area contributed by atoms with Gasteiger partial charge in [-0.25, -0.2) is 4.79 Å². The van der Waals surface area contributed by atoms with Gasteiger partial charge in [-0.15, -0.1) is 0 Å². The number of ether oxygens (including phenoxy) is 3. The molecule has 2 aromatic carbocycles. The Hall–Kier alpha value is -2.73. The predicted molar refractivity (Wildman–Crippen MR) is 99.0 cm³/mol. The molecule has 3 rings (SSSR count). The van der Waals surface area contributed by atoms with Gasteiger partial charge in [0.05, 0.1) is 20.3 Å². The number of nitrogens with zero attached hydrogens (tertiary/aromatic N) is 2. The summed E-state index contributed by atoms with van der Waals surface area (Å²) in [4.78, 5) is 16.5. The quantitative estimate of drug-likeness (QED) is 0.842. The molecule has 26 heavy (non-hydrogen) atoms. The van der Waals surface area contributed by atoms with Gasteiger partial charge in [0.1, 0.15) is 5.75 Å². The molecule has 6 heteroatoms. The molecule has 0 N–H and O–H groups in total. The smallest absolute Gasteiger partial charge is 0.415 e. The lowest BCUT2D eigenvalue weighted by atomic mass is 10.0. The number of likely N-dealkylation sites (N-methyl/N-ethyl adjacent to an activating group) is 1. The van der Waals surface area contributed by atoms with Crippen molar-refractivity contribution in [1.82, 2.24) is 9.80 Å². The Balaban J connectivity index is 1.75. The molecule has 1 saturated heterocycles. The molecule has 0 saturated carbocycles. The fourth-order valence-corrected chi connectivity index (χ4v) is 3.11. The highest BCUT2D eigenvalue weighted by Gasteiger charge is 2.30. The third-order valence-electron chi connectivity index (χ3n) is 4.65. The molecule has 0 bridgehead atoms. The first kappa shape index (κ1) is 18.1. The summed E-state index contributed by atoms with van der Waals surface area (Å²) in [6.07, 6.45) is -0.324. The van der Waals surface area contributed by atoms with E-state index in [1.807, 2.05) is 36.4 Å². The third-order valence-corrected chi connectivity index (χ3v) is 4.65. The van der Waals surface area contributed by atoms with Crippen LogP contribution in [0.15, 0.2) is 48.5 Å². The van der Waals surface area contributed by atoms with Crippen LogP contribution in [0.3, 0.4) is 0 Å². The van der Waals surface area contributed by atoms with Gasteiger partial charge in [-0.3, -0.25) is 4.90 Å². The lowest BCUT2D eigenvalue weighted by Gasteiger charge is -2.39. The molecule has 1 aliphatic rings. The number of amides is 1. The molecule has 1 aliphatic heterocycles. The molecule has 1 heterocycles. The third kappa shape index (κ3) is 3.91. The van der Waals surface area contributed by atoms with E-state index < -0.39 is 0 Å². The molecule has 138 valence electrons. The summed E-state index contributed by atoms with van der Waals surface area (Å²) in [5.74, 6) is 1.93. The van der Waals surface area contributed by atoms with Crippen LogP contribution in [0.2, 0.25) is 0 Å². The summed E-state index contributed by atoms with van der Waals surface area (Å²) in [7, 11) is 5.29. The second-order valence-electron chi connectivity index (χ2n) is 6.24. The summed E-state index contributed by atoms with van der Waals surface area (Å²) in [5.41, 5.74) is 1.07. The van der Waals surface area contributed by atoms with E-state index in [1.165, 1.54) is 0 Å². The highest BCUT2D eigenvalue weighted by molar-refractivity contribution is 5.71. The predicted octanol–water partition coefficient (Wildman–Crippen LogP) is 3.19. The summed E-state index contributed by atoms with van der Waals surface area (Å²) in [6.45, 7) is 1.95. The van der Waals surface area contributed by atoms with Crippen LogP contribution in [0.25, 0.3) is 0 Å². The standard InChI is InChI=1S/C20H24N2O4/c1-21-11-12-22(20(23)26-16-7-5-4-6-8-16)14-17(21)15-9-10-18(24-2)19(13-15)25-3/h4-10,13,17H,11-12,14H2,1-3H3. The second kappa shape index (κ2) is 8.10. The van der Waals surface area contributed by atoms with E-state index in [4.69, 9.17) is 14.2 Å². The number of carbonyl (C=O) groups is 1. The Bertz CT molecular complexity index is 751. The van der Waals surface area contributed by atoms with Crippen LogP contribution in [-0.4, -0.2) is 56.8 Å². The summed E-state index contributed by atoms with van der Waals surface area (Å²) >= 11 is 0. The van der Waals surface area contributed by atoms with E-state index in [9.17, 15) is 4.79 Å². The van der Waals surface area contributed by atoms with Crippen molar-refractivity contribution >= 4 is 6.09 Å².